The van der Waals surface area contributed by atoms with Gasteiger partial charge in [0.2, 0.25) is 0 Å². The van der Waals surface area contributed by atoms with Crippen LogP contribution in [0.2, 0.25) is 10.0 Å². The minimum absolute atomic E-state index is 0.0947. The van der Waals surface area contributed by atoms with E-state index in [1.807, 2.05) is 0 Å². The van der Waals surface area contributed by atoms with Crippen LogP contribution in [0.15, 0.2) is 36.7 Å². The quantitative estimate of drug-likeness (QED) is 0.745. The van der Waals surface area contributed by atoms with Crippen LogP contribution in [0.25, 0.3) is 0 Å². The predicted octanol–water partition coefficient (Wildman–Crippen LogP) is 4.01. The Labute approximate surface area is 168 Å². The third-order valence-electron chi connectivity index (χ3n) is 4.24. The van der Waals surface area contributed by atoms with Crippen molar-refractivity contribution in [3.63, 3.8) is 0 Å². The first-order chi connectivity index (χ1) is 12.8. The lowest BCUT2D eigenvalue weighted by molar-refractivity contribution is -0.148. The molecule has 0 spiro atoms. The van der Waals surface area contributed by atoms with Crippen molar-refractivity contribution < 1.29 is 14.3 Å². The van der Waals surface area contributed by atoms with Crippen LogP contribution >= 0.6 is 23.2 Å². The van der Waals surface area contributed by atoms with Gasteiger partial charge in [-0.25, -0.2) is 9.97 Å². The minimum atomic E-state index is -1.01. The van der Waals surface area contributed by atoms with Crippen molar-refractivity contribution in [1.29, 1.82) is 0 Å². The molecular weight excluding hydrogens is 389 g/mol. The summed E-state index contributed by atoms with van der Waals surface area (Å²) < 4.78 is 11.7. The molecule has 0 N–H and O–H groups in total. The van der Waals surface area contributed by atoms with Crippen LogP contribution in [0.1, 0.15) is 26.7 Å². The van der Waals surface area contributed by atoms with Crippen molar-refractivity contribution in [3.05, 3.63) is 46.7 Å². The van der Waals surface area contributed by atoms with E-state index in [0.717, 1.165) is 12.8 Å². The second-order valence-corrected chi connectivity index (χ2v) is 7.76. The molecule has 2 heterocycles. The molecule has 6 nitrogen and oxygen atoms in total. The molecule has 27 heavy (non-hydrogen) atoms. The van der Waals surface area contributed by atoms with Gasteiger partial charge < -0.3 is 14.4 Å². The zero-order chi connectivity index (χ0) is 19.4. The van der Waals surface area contributed by atoms with Crippen LogP contribution in [-0.4, -0.2) is 45.6 Å². The number of benzene rings is 1. The second-order valence-electron chi connectivity index (χ2n) is 6.88. The van der Waals surface area contributed by atoms with Gasteiger partial charge in [0, 0.05) is 11.6 Å². The van der Waals surface area contributed by atoms with E-state index < -0.39 is 5.60 Å². The lowest BCUT2D eigenvalue weighted by Crippen LogP contribution is -2.53. The molecule has 1 saturated heterocycles. The molecule has 0 aliphatic carbocycles. The molecule has 1 aromatic heterocycles. The van der Waals surface area contributed by atoms with Gasteiger partial charge in [-0.3, -0.25) is 4.79 Å². The maximum absolute atomic E-state index is 13.0. The normalized spacial score (nSPS) is 17.5. The Bertz CT molecular complexity index is 782. The summed E-state index contributed by atoms with van der Waals surface area (Å²) in [6.07, 6.45) is 4.46. The number of ether oxygens (including phenoxy) is 2. The second kappa shape index (κ2) is 8.31. The summed E-state index contributed by atoms with van der Waals surface area (Å²) in [5, 5.41) is 1.07. The Balaban J connectivity index is 1.62. The molecule has 1 aromatic carbocycles. The molecule has 8 heteroatoms. The van der Waals surface area contributed by atoms with Crippen LogP contribution in [0.5, 0.6) is 11.8 Å². The van der Waals surface area contributed by atoms with Crippen molar-refractivity contribution >= 4 is 29.1 Å². The summed E-state index contributed by atoms with van der Waals surface area (Å²) in [7, 11) is 0. The molecular formula is C19H21Cl2N3O3. The predicted molar refractivity (Wildman–Crippen MR) is 103 cm³/mol. The number of hydrogen-bond donors (Lipinski definition) is 0. The Hall–Kier alpha value is -2.05. The van der Waals surface area contributed by atoms with Crippen LogP contribution in [0, 0.1) is 0 Å². The molecule has 0 bridgehead atoms. The molecule has 1 amide bonds. The van der Waals surface area contributed by atoms with Crippen LogP contribution in [0.3, 0.4) is 0 Å². The Morgan fingerprint density at radius 3 is 2.48 bits per heavy atom. The van der Waals surface area contributed by atoms with Gasteiger partial charge in [0.1, 0.15) is 11.9 Å². The van der Waals surface area contributed by atoms with Gasteiger partial charge in [0.05, 0.1) is 24.0 Å². The van der Waals surface area contributed by atoms with E-state index >= 15 is 0 Å². The van der Waals surface area contributed by atoms with Crippen LogP contribution in [0.4, 0.5) is 0 Å². The smallest absolute Gasteiger partial charge is 0.316 e. The zero-order valence-corrected chi connectivity index (χ0v) is 16.7. The Morgan fingerprint density at radius 2 is 1.81 bits per heavy atom. The first-order valence-corrected chi connectivity index (χ1v) is 9.47. The van der Waals surface area contributed by atoms with Gasteiger partial charge in [-0.05, 0) is 51.0 Å². The lowest BCUT2D eigenvalue weighted by Gasteiger charge is -2.37. The van der Waals surface area contributed by atoms with E-state index in [1.54, 1.807) is 43.0 Å². The monoisotopic (exact) mass is 409 g/mol. The molecule has 3 rings (SSSR count). The van der Waals surface area contributed by atoms with Crippen LogP contribution in [-0.2, 0) is 4.79 Å². The number of rotatable bonds is 5. The number of piperidine rings is 1. The highest BCUT2D eigenvalue weighted by molar-refractivity contribution is 6.30. The number of amides is 1. The first-order valence-electron chi connectivity index (χ1n) is 8.72. The highest BCUT2D eigenvalue weighted by atomic mass is 35.5. The van der Waals surface area contributed by atoms with Gasteiger partial charge in [0.15, 0.2) is 5.60 Å². The van der Waals surface area contributed by atoms with Crippen molar-refractivity contribution in [2.75, 3.05) is 13.1 Å². The SMILES string of the molecule is CC(C)(Oc1ccc(Cl)cc1)C(=O)N1CCC[C@H](Oc2ncc(Cl)cn2)C1. The molecule has 1 aliphatic rings. The summed E-state index contributed by atoms with van der Waals surface area (Å²) in [4.78, 5) is 22.9. The highest BCUT2D eigenvalue weighted by Crippen LogP contribution is 2.24. The van der Waals surface area contributed by atoms with Gasteiger partial charge in [-0.1, -0.05) is 23.2 Å². The summed E-state index contributed by atoms with van der Waals surface area (Å²) in [6, 6.07) is 7.22. The lowest BCUT2D eigenvalue weighted by atomic mass is 10.0. The van der Waals surface area contributed by atoms with Crippen LogP contribution < -0.4 is 9.47 Å². The number of nitrogens with zero attached hydrogens (tertiary/aromatic N) is 3. The molecule has 0 unspecified atom stereocenters. The van der Waals surface area contributed by atoms with Crippen molar-refractivity contribution in [2.24, 2.45) is 0 Å². The van der Waals surface area contributed by atoms with Gasteiger partial charge in [-0.15, -0.1) is 0 Å². The highest BCUT2D eigenvalue weighted by Gasteiger charge is 2.37. The fourth-order valence-corrected chi connectivity index (χ4v) is 3.17. The van der Waals surface area contributed by atoms with Gasteiger partial charge in [-0.2, -0.15) is 0 Å². The summed E-state index contributed by atoms with van der Waals surface area (Å²) in [6.45, 7) is 4.64. The number of aromatic nitrogens is 2. The fraction of sp³-hybridized carbons (Fsp3) is 0.421. The summed E-state index contributed by atoms with van der Waals surface area (Å²) >= 11 is 11.7. The molecule has 144 valence electrons. The maximum atomic E-state index is 13.0. The topological polar surface area (TPSA) is 64.5 Å². The molecule has 1 atom stereocenters. The van der Waals surface area contributed by atoms with E-state index in [9.17, 15) is 4.79 Å². The number of carbonyl (C=O) groups is 1. The third kappa shape index (κ3) is 5.23. The van der Waals surface area contributed by atoms with E-state index in [4.69, 9.17) is 32.7 Å². The number of hydrogen-bond acceptors (Lipinski definition) is 5. The zero-order valence-electron chi connectivity index (χ0n) is 15.2. The third-order valence-corrected chi connectivity index (χ3v) is 4.68. The van der Waals surface area contributed by atoms with Gasteiger partial charge in [0.25, 0.3) is 5.91 Å². The summed E-state index contributed by atoms with van der Waals surface area (Å²) in [5.74, 6) is 0.500. The number of likely N-dealkylation sites (tertiary alicyclic amines) is 1. The maximum Gasteiger partial charge on any atom is 0.316 e. The standard InChI is InChI=1S/C19H21Cl2N3O3/c1-19(2,27-15-7-5-13(20)6-8-15)17(25)24-9-3-4-16(12-24)26-18-22-10-14(21)11-23-18/h5-8,10-11,16H,3-4,9,12H2,1-2H3/t16-/m0/s1. The van der Waals surface area contributed by atoms with E-state index in [-0.39, 0.29) is 18.0 Å². The average Bonchev–Trinajstić information content (AvgIpc) is 2.65. The molecule has 2 aromatic rings. The fourth-order valence-electron chi connectivity index (χ4n) is 2.95. The number of carbonyl (C=O) groups excluding carboxylic acids is 1. The number of halogens is 2. The average molecular weight is 410 g/mol. The first kappa shape index (κ1) is 19.7. The van der Waals surface area contributed by atoms with E-state index in [2.05, 4.69) is 9.97 Å². The van der Waals surface area contributed by atoms with Crippen molar-refractivity contribution in [1.82, 2.24) is 14.9 Å². The van der Waals surface area contributed by atoms with E-state index in [1.165, 1.54) is 12.4 Å². The van der Waals surface area contributed by atoms with Crippen molar-refractivity contribution in [2.45, 2.75) is 38.4 Å². The molecule has 1 aliphatic heterocycles. The Morgan fingerprint density at radius 1 is 1.15 bits per heavy atom. The molecule has 1 fully saturated rings. The minimum Gasteiger partial charge on any atom is -0.478 e. The summed E-state index contributed by atoms with van der Waals surface area (Å²) in [5.41, 5.74) is -1.01. The van der Waals surface area contributed by atoms with E-state index in [0.29, 0.717) is 28.9 Å². The Kier molecular flexibility index (Phi) is 6.07. The van der Waals surface area contributed by atoms with Crippen molar-refractivity contribution in [3.8, 4) is 11.8 Å². The van der Waals surface area contributed by atoms with Gasteiger partial charge >= 0.3 is 6.01 Å². The molecule has 0 saturated carbocycles. The largest absolute Gasteiger partial charge is 0.478 e. The molecule has 0 radical (unpaired) electrons.